The van der Waals surface area contributed by atoms with Gasteiger partial charge in [-0.2, -0.15) is 0 Å². The van der Waals surface area contributed by atoms with Gasteiger partial charge in [-0.1, -0.05) is 18.2 Å². The van der Waals surface area contributed by atoms with Gasteiger partial charge >= 0.3 is 0 Å². The highest BCUT2D eigenvalue weighted by atomic mass is 16.5. The first-order valence-electron chi connectivity index (χ1n) is 6.14. The Morgan fingerprint density at radius 2 is 1.94 bits per heavy atom. The third-order valence-electron chi connectivity index (χ3n) is 3.30. The van der Waals surface area contributed by atoms with Gasteiger partial charge < -0.3 is 15.4 Å². The molecular weight excluding hydrogens is 228 g/mol. The molecule has 98 valence electrons. The molecule has 2 rings (SSSR count). The topological polar surface area (TPSA) is 65.6 Å². The molecule has 0 spiro atoms. The van der Waals surface area contributed by atoms with E-state index in [1.807, 2.05) is 23.1 Å². The van der Waals surface area contributed by atoms with Crippen LogP contribution in [0.1, 0.15) is 5.56 Å². The van der Waals surface area contributed by atoms with Gasteiger partial charge in [0.1, 0.15) is 5.75 Å². The SMILES string of the molecule is COc1ccccc1CN1CCN(C(=N)N)CC1. The molecule has 0 amide bonds. The average molecular weight is 248 g/mol. The predicted molar refractivity (Wildman–Crippen MR) is 71.8 cm³/mol. The zero-order valence-corrected chi connectivity index (χ0v) is 10.7. The largest absolute Gasteiger partial charge is 0.496 e. The Morgan fingerprint density at radius 3 is 2.56 bits per heavy atom. The van der Waals surface area contributed by atoms with Crippen LogP contribution in [0.5, 0.6) is 5.75 Å². The van der Waals surface area contributed by atoms with Crippen LogP contribution in [0, 0.1) is 5.41 Å². The number of benzene rings is 1. The van der Waals surface area contributed by atoms with Gasteiger partial charge in [-0.15, -0.1) is 0 Å². The van der Waals surface area contributed by atoms with Crippen LogP contribution in [0.4, 0.5) is 0 Å². The smallest absolute Gasteiger partial charge is 0.188 e. The highest BCUT2D eigenvalue weighted by molar-refractivity contribution is 5.74. The van der Waals surface area contributed by atoms with E-state index in [4.69, 9.17) is 15.9 Å². The van der Waals surface area contributed by atoms with E-state index in [1.54, 1.807) is 7.11 Å². The molecule has 0 saturated carbocycles. The number of methoxy groups -OCH3 is 1. The van der Waals surface area contributed by atoms with Gasteiger partial charge in [-0.25, -0.2) is 0 Å². The number of nitrogens with one attached hydrogen (secondary N) is 1. The molecule has 0 radical (unpaired) electrons. The summed E-state index contributed by atoms with van der Waals surface area (Å²) in [6, 6.07) is 8.09. The lowest BCUT2D eigenvalue weighted by molar-refractivity contribution is 0.172. The molecule has 0 unspecified atom stereocenters. The highest BCUT2D eigenvalue weighted by Crippen LogP contribution is 2.19. The van der Waals surface area contributed by atoms with E-state index in [2.05, 4.69) is 11.0 Å². The Hall–Kier alpha value is -1.75. The number of hydrogen-bond acceptors (Lipinski definition) is 3. The fraction of sp³-hybridized carbons (Fsp3) is 0.462. The van der Waals surface area contributed by atoms with Crippen LogP contribution in [0.2, 0.25) is 0 Å². The summed E-state index contributed by atoms with van der Waals surface area (Å²) in [6.45, 7) is 4.39. The molecule has 5 heteroatoms. The van der Waals surface area contributed by atoms with E-state index < -0.39 is 0 Å². The third-order valence-corrected chi connectivity index (χ3v) is 3.30. The number of piperazine rings is 1. The van der Waals surface area contributed by atoms with Crippen LogP contribution in [-0.4, -0.2) is 49.0 Å². The van der Waals surface area contributed by atoms with Crippen LogP contribution < -0.4 is 10.5 Å². The van der Waals surface area contributed by atoms with E-state index >= 15 is 0 Å². The summed E-state index contributed by atoms with van der Waals surface area (Å²) in [6.07, 6.45) is 0. The number of hydrogen-bond donors (Lipinski definition) is 2. The summed E-state index contributed by atoms with van der Waals surface area (Å²) >= 11 is 0. The fourth-order valence-corrected chi connectivity index (χ4v) is 2.22. The van der Waals surface area contributed by atoms with E-state index in [0.29, 0.717) is 0 Å². The summed E-state index contributed by atoms with van der Waals surface area (Å²) in [4.78, 5) is 4.26. The molecule has 1 aromatic carbocycles. The summed E-state index contributed by atoms with van der Waals surface area (Å²) in [5.41, 5.74) is 6.69. The molecule has 1 saturated heterocycles. The minimum atomic E-state index is 0.173. The van der Waals surface area contributed by atoms with Crippen molar-refractivity contribution in [3.05, 3.63) is 29.8 Å². The van der Waals surface area contributed by atoms with Crippen molar-refractivity contribution in [3.8, 4) is 5.75 Å². The molecule has 1 heterocycles. The molecule has 1 aliphatic heterocycles. The van der Waals surface area contributed by atoms with Crippen molar-refractivity contribution in [1.29, 1.82) is 5.41 Å². The Morgan fingerprint density at radius 1 is 1.28 bits per heavy atom. The van der Waals surface area contributed by atoms with Gasteiger partial charge in [0.2, 0.25) is 0 Å². The van der Waals surface area contributed by atoms with Crippen molar-refractivity contribution in [1.82, 2.24) is 9.80 Å². The molecule has 0 aromatic heterocycles. The standard InChI is InChI=1S/C13H20N4O/c1-18-12-5-3-2-4-11(12)10-16-6-8-17(9-7-16)13(14)15/h2-5H,6-10H2,1H3,(H3,14,15). The van der Waals surface area contributed by atoms with Crippen LogP contribution in [0.25, 0.3) is 0 Å². The second kappa shape index (κ2) is 5.73. The van der Waals surface area contributed by atoms with Crippen molar-refractivity contribution in [2.24, 2.45) is 5.73 Å². The maximum absolute atomic E-state index is 7.40. The van der Waals surface area contributed by atoms with Crippen LogP contribution >= 0.6 is 0 Å². The zero-order valence-electron chi connectivity index (χ0n) is 10.7. The van der Waals surface area contributed by atoms with Crippen LogP contribution in [-0.2, 0) is 6.54 Å². The van der Waals surface area contributed by atoms with Crippen molar-refractivity contribution < 1.29 is 4.74 Å². The summed E-state index contributed by atoms with van der Waals surface area (Å²) in [5.74, 6) is 1.11. The van der Waals surface area contributed by atoms with Crippen molar-refractivity contribution in [3.63, 3.8) is 0 Å². The van der Waals surface area contributed by atoms with Gasteiger partial charge in [0.25, 0.3) is 0 Å². The van der Waals surface area contributed by atoms with E-state index in [0.717, 1.165) is 38.5 Å². The normalized spacial score (nSPS) is 16.6. The average Bonchev–Trinajstić information content (AvgIpc) is 2.40. The van der Waals surface area contributed by atoms with Crippen molar-refractivity contribution >= 4 is 5.96 Å². The summed E-state index contributed by atoms with van der Waals surface area (Å²) < 4.78 is 5.36. The highest BCUT2D eigenvalue weighted by Gasteiger charge is 2.18. The van der Waals surface area contributed by atoms with Crippen molar-refractivity contribution in [2.45, 2.75) is 6.54 Å². The maximum Gasteiger partial charge on any atom is 0.188 e. The molecule has 1 aliphatic rings. The third kappa shape index (κ3) is 2.92. The molecule has 3 N–H and O–H groups in total. The Kier molecular flexibility index (Phi) is 4.04. The fourth-order valence-electron chi connectivity index (χ4n) is 2.22. The molecule has 0 aliphatic carbocycles. The van der Waals surface area contributed by atoms with E-state index in [-0.39, 0.29) is 5.96 Å². The number of rotatable bonds is 3. The first-order chi connectivity index (χ1) is 8.70. The molecule has 1 fully saturated rings. The van der Waals surface area contributed by atoms with Gasteiger partial charge in [0, 0.05) is 38.3 Å². The van der Waals surface area contributed by atoms with Gasteiger partial charge in [0.05, 0.1) is 7.11 Å². The van der Waals surface area contributed by atoms with Gasteiger partial charge in [-0.05, 0) is 6.07 Å². The number of ether oxygens (including phenoxy) is 1. The minimum Gasteiger partial charge on any atom is -0.496 e. The van der Waals surface area contributed by atoms with E-state index in [1.165, 1.54) is 5.56 Å². The number of para-hydroxylation sites is 1. The maximum atomic E-state index is 7.40. The van der Waals surface area contributed by atoms with E-state index in [9.17, 15) is 0 Å². The Labute approximate surface area is 108 Å². The molecule has 0 atom stereocenters. The molecule has 18 heavy (non-hydrogen) atoms. The lowest BCUT2D eigenvalue weighted by atomic mass is 10.1. The van der Waals surface area contributed by atoms with Crippen LogP contribution in [0.3, 0.4) is 0 Å². The second-order valence-electron chi connectivity index (χ2n) is 4.46. The summed E-state index contributed by atoms with van der Waals surface area (Å²) in [5, 5.41) is 7.40. The minimum absolute atomic E-state index is 0.173. The zero-order chi connectivity index (χ0) is 13.0. The monoisotopic (exact) mass is 248 g/mol. The summed E-state index contributed by atoms with van der Waals surface area (Å²) in [7, 11) is 1.70. The molecule has 1 aromatic rings. The Balaban J connectivity index is 1.93. The molecular formula is C13H20N4O. The number of nitrogens with two attached hydrogens (primary N) is 1. The predicted octanol–water partition coefficient (Wildman–Crippen LogP) is 0.706. The van der Waals surface area contributed by atoms with Crippen molar-refractivity contribution in [2.75, 3.05) is 33.3 Å². The second-order valence-corrected chi connectivity index (χ2v) is 4.46. The van der Waals surface area contributed by atoms with Gasteiger partial charge in [0.15, 0.2) is 5.96 Å². The molecule has 0 bridgehead atoms. The first-order valence-corrected chi connectivity index (χ1v) is 6.14. The lowest BCUT2D eigenvalue weighted by Crippen LogP contribution is -2.50. The van der Waals surface area contributed by atoms with Crippen LogP contribution in [0.15, 0.2) is 24.3 Å². The van der Waals surface area contributed by atoms with Gasteiger partial charge in [-0.3, -0.25) is 10.3 Å². The number of guanidine groups is 1. The quantitative estimate of drug-likeness (QED) is 0.610. The lowest BCUT2D eigenvalue weighted by Gasteiger charge is -2.35. The number of nitrogens with zero attached hydrogens (tertiary/aromatic N) is 2. The molecule has 5 nitrogen and oxygen atoms in total. The first kappa shape index (κ1) is 12.7. The Bertz CT molecular complexity index is 413.